The number of ether oxygens (including phenoxy) is 1. The maximum absolute atomic E-state index is 13.5. The van der Waals surface area contributed by atoms with Crippen molar-refractivity contribution in [3.05, 3.63) is 102 Å². The van der Waals surface area contributed by atoms with Crippen LogP contribution >= 0.6 is 0 Å². The van der Waals surface area contributed by atoms with Gasteiger partial charge in [-0.1, -0.05) is 54.1 Å². The first-order valence-electron chi connectivity index (χ1n) is 10.4. The fourth-order valence-electron chi connectivity index (χ4n) is 3.86. The summed E-state index contributed by atoms with van der Waals surface area (Å²) in [5.74, 6) is -0.0156. The van der Waals surface area contributed by atoms with Crippen LogP contribution in [-0.2, 0) is 19.6 Å². The lowest BCUT2D eigenvalue weighted by Crippen LogP contribution is -2.25. The molecule has 0 bridgehead atoms. The van der Waals surface area contributed by atoms with Gasteiger partial charge in [0.1, 0.15) is 0 Å². The van der Waals surface area contributed by atoms with E-state index in [0.29, 0.717) is 22.4 Å². The third-order valence-corrected chi connectivity index (χ3v) is 7.23. The molecule has 3 aromatic carbocycles. The zero-order valence-electron chi connectivity index (χ0n) is 18.0. The Hall–Kier alpha value is -3.91. The van der Waals surface area contributed by atoms with Crippen molar-refractivity contribution in [2.75, 3.05) is 0 Å². The first-order chi connectivity index (χ1) is 15.9. The minimum absolute atomic E-state index is 0.178. The van der Waals surface area contributed by atoms with Crippen molar-refractivity contribution in [1.82, 2.24) is 8.98 Å². The van der Waals surface area contributed by atoms with E-state index in [0.717, 1.165) is 11.1 Å². The van der Waals surface area contributed by atoms with Crippen molar-refractivity contribution in [3.63, 3.8) is 0 Å². The molecule has 0 spiro atoms. The summed E-state index contributed by atoms with van der Waals surface area (Å²) >= 11 is 0. The monoisotopic (exact) mass is 459 g/mol. The number of hydrogen-bond donors (Lipinski definition) is 0. The first kappa shape index (κ1) is 21.0. The Morgan fingerprint density at radius 3 is 2.30 bits per heavy atom. The van der Waals surface area contributed by atoms with Gasteiger partial charge in [-0.2, -0.15) is 5.01 Å². The average Bonchev–Trinajstić information content (AvgIpc) is 3.43. The number of aryl methyl sites for hydroxylation is 1. The molecule has 1 aliphatic rings. The Morgan fingerprint density at radius 2 is 1.61 bits per heavy atom. The summed E-state index contributed by atoms with van der Waals surface area (Å²) in [7, 11) is -3.87. The van der Waals surface area contributed by atoms with Crippen LogP contribution in [0, 0.1) is 6.92 Å². The van der Waals surface area contributed by atoms with Gasteiger partial charge >= 0.3 is 0 Å². The van der Waals surface area contributed by atoms with E-state index in [9.17, 15) is 13.2 Å². The lowest BCUT2D eigenvalue weighted by Gasteiger charge is -2.18. The molecule has 1 unspecified atom stereocenters. The first-order valence-corrected chi connectivity index (χ1v) is 11.8. The van der Waals surface area contributed by atoms with E-state index in [4.69, 9.17) is 4.74 Å². The van der Waals surface area contributed by atoms with Crippen LogP contribution in [0.15, 0.2) is 95.1 Å². The summed E-state index contributed by atoms with van der Waals surface area (Å²) < 4.78 is 34.4. The molecular formula is C25H21N3O4S. The number of aromatic nitrogens is 1. The molecule has 0 saturated heterocycles. The molecule has 33 heavy (non-hydrogen) atoms. The lowest BCUT2D eigenvalue weighted by atomic mass is 10.1. The van der Waals surface area contributed by atoms with E-state index < -0.39 is 16.3 Å². The van der Waals surface area contributed by atoms with E-state index in [-0.39, 0.29) is 10.8 Å². The highest BCUT2D eigenvalue weighted by atomic mass is 32.2. The summed E-state index contributed by atoms with van der Waals surface area (Å²) in [6, 6.07) is 23.1. The van der Waals surface area contributed by atoms with Crippen LogP contribution in [0.3, 0.4) is 0 Å². The number of fused-ring (bicyclic) bond motifs is 1. The number of benzene rings is 3. The smallest absolute Gasteiger partial charge is 0.268 e. The van der Waals surface area contributed by atoms with Gasteiger partial charge < -0.3 is 4.74 Å². The van der Waals surface area contributed by atoms with Crippen LogP contribution in [0.2, 0.25) is 0 Å². The molecule has 1 amide bonds. The van der Waals surface area contributed by atoms with Crippen LogP contribution in [0.25, 0.3) is 10.9 Å². The number of hydrazone groups is 1. The molecule has 7 nitrogen and oxygen atoms in total. The predicted molar refractivity (Wildman–Crippen MR) is 125 cm³/mol. The van der Waals surface area contributed by atoms with Crippen molar-refractivity contribution in [2.45, 2.75) is 25.0 Å². The molecule has 0 fully saturated rings. The second-order valence-electron chi connectivity index (χ2n) is 7.82. The van der Waals surface area contributed by atoms with Crippen LogP contribution in [-0.4, -0.2) is 29.2 Å². The molecule has 4 aromatic rings. The number of para-hydroxylation sites is 1. The third kappa shape index (κ3) is 3.58. The summed E-state index contributed by atoms with van der Waals surface area (Å²) in [5.41, 5.74) is 2.72. The fraction of sp³-hybridized carbons (Fsp3) is 0.120. The van der Waals surface area contributed by atoms with Crippen molar-refractivity contribution in [2.24, 2.45) is 5.10 Å². The molecule has 166 valence electrons. The van der Waals surface area contributed by atoms with E-state index >= 15 is 0 Å². The minimum atomic E-state index is -3.87. The molecule has 2 heterocycles. The summed E-state index contributed by atoms with van der Waals surface area (Å²) in [6.07, 6.45) is 0.626. The maximum Gasteiger partial charge on any atom is 0.268 e. The fourth-order valence-corrected chi connectivity index (χ4v) is 5.24. The van der Waals surface area contributed by atoms with E-state index in [1.165, 1.54) is 22.1 Å². The number of nitrogens with zero attached hydrogens (tertiary/aromatic N) is 3. The van der Waals surface area contributed by atoms with Crippen LogP contribution in [0.5, 0.6) is 0 Å². The van der Waals surface area contributed by atoms with E-state index in [1.807, 2.05) is 49.4 Å². The Balaban J connectivity index is 1.64. The van der Waals surface area contributed by atoms with Crippen molar-refractivity contribution in [1.29, 1.82) is 0 Å². The molecule has 1 atom stereocenters. The summed E-state index contributed by atoms with van der Waals surface area (Å²) in [6.45, 7) is 3.30. The molecule has 0 saturated carbocycles. The standard InChI is InChI=1S/C25H21N3O4S/c1-17-12-14-20(15-13-17)33(30,31)27-16-22(21-10-6-7-11-23(21)27)25-28(18(2)29)26-24(32-25)19-8-4-3-5-9-19/h3-16,25H,1-2H3. The number of carbonyl (C=O) groups excluding carboxylic acids is 1. The van der Waals surface area contributed by atoms with Gasteiger partial charge in [0.15, 0.2) is 0 Å². The highest BCUT2D eigenvalue weighted by molar-refractivity contribution is 7.90. The normalized spacial score (nSPS) is 16.0. The van der Waals surface area contributed by atoms with Gasteiger partial charge in [0.05, 0.1) is 10.4 Å². The molecule has 0 radical (unpaired) electrons. The van der Waals surface area contributed by atoms with Gasteiger partial charge in [-0.3, -0.25) is 4.79 Å². The number of amides is 1. The quantitative estimate of drug-likeness (QED) is 0.452. The average molecular weight is 460 g/mol. The van der Waals surface area contributed by atoms with Crippen LogP contribution < -0.4 is 0 Å². The zero-order valence-corrected chi connectivity index (χ0v) is 18.9. The van der Waals surface area contributed by atoms with Crippen LogP contribution in [0.4, 0.5) is 0 Å². The van der Waals surface area contributed by atoms with Gasteiger partial charge in [0.2, 0.25) is 18.0 Å². The molecular weight excluding hydrogens is 438 g/mol. The zero-order chi connectivity index (χ0) is 23.2. The molecule has 0 aliphatic carbocycles. The Kier molecular flexibility index (Phi) is 5.02. The molecule has 1 aromatic heterocycles. The van der Waals surface area contributed by atoms with Gasteiger partial charge in [0.25, 0.3) is 10.0 Å². The highest BCUT2D eigenvalue weighted by Gasteiger charge is 2.36. The highest BCUT2D eigenvalue weighted by Crippen LogP contribution is 2.37. The maximum atomic E-state index is 13.5. The summed E-state index contributed by atoms with van der Waals surface area (Å²) in [5, 5.41) is 6.29. The molecule has 5 rings (SSSR count). The lowest BCUT2D eigenvalue weighted by molar-refractivity contribution is -0.135. The molecule has 8 heteroatoms. The van der Waals surface area contributed by atoms with Crippen molar-refractivity contribution < 1.29 is 17.9 Å². The van der Waals surface area contributed by atoms with Crippen molar-refractivity contribution >= 4 is 32.7 Å². The van der Waals surface area contributed by atoms with Crippen molar-refractivity contribution in [3.8, 4) is 0 Å². The second kappa shape index (κ2) is 7.90. The second-order valence-corrected chi connectivity index (χ2v) is 9.64. The largest absolute Gasteiger partial charge is 0.446 e. The topological polar surface area (TPSA) is 81.0 Å². The van der Waals surface area contributed by atoms with Gasteiger partial charge in [-0.05, 0) is 37.3 Å². The minimum Gasteiger partial charge on any atom is -0.446 e. The van der Waals surface area contributed by atoms with E-state index in [2.05, 4.69) is 5.10 Å². The molecule has 1 aliphatic heterocycles. The Bertz CT molecular complexity index is 1490. The third-order valence-electron chi connectivity index (χ3n) is 5.54. The van der Waals surface area contributed by atoms with Gasteiger partial charge in [0, 0.05) is 29.6 Å². The van der Waals surface area contributed by atoms with Gasteiger partial charge in [-0.15, -0.1) is 5.10 Å². The number of hydrogen-bond acceptors (Lipinski definition) is 5. The number of rotatable bonds is 4. The van der Waals surface area contributed by atoms with E-state index in [1.54, 1.807) is 36.4 Å². The number of carbonyl (C=O) groups is 1. The predicted octanol–water partition coefficient (Wildman–Crippen LogP) is 4.43. The molecule has 0 N–H and O–H groups in total. The summed E-state index contributed by atoms with van der Waals surface area (Å²) in [4.78, 5) is 12.6. The van der Waals surface area contributed by atoms with Crippen LogP contribution in [0.1, 0.15) is 29.8 Å². The Morgan fingerprint density at radius 1 is 0.939 bits per heavy atom. The Labute approximate surface area is 191 Å². The van der Waals surface area contributed by atoms with Gasteiger partial charge in [-0.25, -0.2) is 12.4 Å². The SMILES string of the molecule is CC(=O)N1N=C(c2ccccc2)OC1c1cn(S(=O)(=O)c2ccc(C)cc2)c2ccccc12.